The Morgan fingerprint density at radius 1 is 1.40 bits per heavy atom. The fraction of sp³-hybridized carbons (Fsp3) is 0.600. The highest BCUT2D eigenvalue weighted by atomic mass is 32.1. The molecule has 1 N–H and O–H groups in total. The molecule has 2 aromatic heterocycles. The lowest BCUT2D eigenvalue weighted by Crippen LogP contribution is -2.28. The molecular formula is C15H20N2OS2. The van der Waals surface area contributed by atoms with Crippen molar-refractivity contribution in [1.29, 1.82) is 0 Å². The Labute approximate surface area is 127 Å². The Morgan fingerprint density at radius 3 is 2.60 bits per heavy atom. The average molecular weight is 308 g/mol. The van der Waals surface area contributed by atoms with E-state index in [-0.39, 0.29) is 11.0 Å². The van der Waals surface area contributed by atoms with E-state index in [2.05, 4.69) is 25.8 Å². The van der Waals surface area contributed by atoms with Gasteiger partial charge in [0.2, 0.25) is 0 Å². The summed E-state index contributed by atoms with van der Waals surface area (Å²) in [6.45, 7) is 9.30. The summed E-state index contributed by atoms with van der Waals surface area (Å²) < 4.78 is 2.35. The van der Waals surface area contributed by atoms with Crippen molar-refractivity contribution in [1.82, 2.24) is 9.55 Å². The normalized spacial score (nSPS) is 17.1. The lowest BCUT2D eigenvalue weighted by Gasteiger charge is -2.20. The maximum absolute atomic E-state index is 12.8. The molecule has 1 aliphatic carbocycles. The zero-order valence-corrected chi connectivity index (χ0v) is 14.0. The zero-order chi connectivity index (χ0) is 14.7. The lowest BCUT2D eigenvalue weighted by atomic mass is 9.92. The largest absolute Gasteiger partial charge is 0.323 e. The Balaban J connectivity index is 2.19. The smallest absolute Gasteiger partial charge is 0.263 e. The van der Waals surface area contributed by atoms with Gasteiger partial charge in [0.05, 0.1) is 5.39 Å². The van der Waals surface area contributed by atoms with Gasteiger partial charge < -0.3 is 4.98 Å². The van der Waals surface area contributed by atoms with Gasteiger partial charge in [-0.1, -0.05) is 13.8 Å². The molecule has 0 spiro atoms. The van der Waals surface area contributed by atoms with Crippen LogP contribution in [-0.2, 0) is 6.54 Å². The third-order valence-electron chi connectivity index (χ3n) is 4.90. The molecular weight excluding hydrogens is 288 g/mol. The summed E-state index contributed by atoms with van der Waals surface area (Å²) in [5.41, 5.74) is 1.44. The number of rotatable bonds is 3. The third-order valence-corrected chi connectivity index (χ3v) is 6.35. The van der Waals surface area contributed by atoms with Crippen molar-refractivity contribution >= 4 is 33.8 Å². The van der Waals surface area contributed by atoms with E-state index >= 15 is 0 Å². The van der Waals surface area contributed by atoms with Gasteiger partial charge in [-0.05, 0) is 55.8 Å². The summed E-state index contributed by atoms with van der Waals surface area (Å²) in [5.74, 6) is 0.588. The molecule has 1 fully saturated rings. The number of hydrogen-bond acceptors (Lipinski definition) is 3. The summed E-state index contributed by atoms with van der Waals surface area (Å²) in [4.78, 5) is 18.1. The van der Waals surface area contributed by atoms with E-state index < -0.39 is 0 Å². The molecule has 2 heterocycles. The van der Waals surface area contributed by atoms with Gasteiger partial charge in [-0.15, -0.1) is 11.3 Å². The minimum atomic E-state index is 0.0810. The lowest BCUT2D eigenvalue weighted by molar-refractivity contribution is 0.303. The summed E-state index contributed by atoms with van der Waals surface area (Å²) in [5, 5.41) is 0.820. The van der Waals surface area contributed by atoms with E-state index in [4.69, 9.17) is 12.2 Å². The molecule has 0 unspecified atom stereocenters. The highest BCUT2D eigenvalue weighted by molar-refractivity contribution is 7.71. The SMILES string of the molecule is Cc1sc2[nH]c(=S)n(CC3(C(C)C)CC3)c(=O)c2c1C. The minimum Gasteiger partial charge on any atom is -0.323 e. The van der Waals surface area contributed by atoms with Crippen molar-refractivity contribution in [2.45, 2.75) is 47.1 Å². The van der Waals surface area contributed by atoms with Gasteiger partial charge in [0.15, 0.2) is 4.77 Å². The zero-order valence-electron chi connectivity index (χ0n) is 12.4. The first-order valence-corrected chi connectivity index (χ1v) is 8.31. The van der Waals surface area contributed by atoms with Crippen LogP contribution in [0.1, 0.15) is 37.1 Å². The summed E-state index contributed by atoms with van der Waals surface area (Å²) in [7, 11) is 0. The predicted molar refractivity (Wildman–Crippen MR) is 87.2 cm³/mol. The molecule has 1 aliphatic rings. The van der Waals surface area contributed by atoms with Crippen molar-refractivity contribution in [2.24, 2.45) is 11.3 Å². The Bertz CT molecular complexity index is 791. The second kappa shape index (κ2) is 4.53. The van der Waals surface area contributed by atoms with Gasteiger partial charge >= 0.3 is 0 Å². The first kappa shape index (κ1) is 14.0. The molecule has 0 amide bonds. The summed E-state index contributed by atoms with van der Waals surface area (Å²) in [6, 6.07) is 0. The van der Waals surface area contributed by atoms with Crippen LogP contribution >= 0.6 is 23.6 Å². The van der Waals surface area contributed by atoms with Gasteiger partial charge in [0.25, 0.3) is 5.56 Å². The van der Waals surface area contributed by atoms with Crippen LogP contribution in [0.4, 0.5) is 0 Å². The maximum atomic E-state index is 12.8. The number of nitrogens with one attached hydrogen (secondary N) is 1. The van der Waals surface area contributed by atoms with Crippen LogP contribution in [0.5, 0.6) is 0 Å². The van der Waals surface area contributed by atoms with E-state index in [1.165, 1.54) is 17.7 Å². The number of nitrogens with zero attached hydrogens (tertiary/aromatic N) is 1. The molecule has 2 aromatic rings. The van der Waals surface area contributed by atoms with Gasteiger partial charge in [-0.3, -0.25) is 9.36 Å². The molecule has 108 valence electrons. The second-order valence-corrected chi connectivity index (χ2v) is 7.94. The van der Waals surface area contributed by atoms with E-state index in [0.29, 0.717) is 10.7 Å². The van der Waals surface area contributed by atoms with Gasteiger partial charge in [0.1, 0.15) is 4.83 Å². The van der Waals surface area contributed by atoms with Gasteiger partial charge in [-0.2, -0.15) is 0 Å². The molecule has 0 aliphatic heterocycles. The molecule has 3 rings (SSSR count). The van der Waals surface area contributed by atoms with Crippen LogP contribution in [-0.4, -0.2) is 9.55 Å². The maximum Gasteiger partial charge on any atom is 0.263 e. The van der Waals surface area contributed by atoms with Crippen LogP contribution in [0.15, 0.2) is 4.79 Å². The minimum absolute atomic E-state index is 0.0810. The van der Waals surface area contributed by atoms with E-state index in [1.807, 2.05) is 6.92 Å². The highest BCUT2D eigenvalue weighted by Gasteiger charge is 2.45. The number of hydrogen-bond donors (Lipinski definition) is 1. The topological polar surface area (TPSA) is 37.8 Å². The Hall–Kier alpha value is -0.940. The van der Waals surface area contributed by atoms with E-state index in [0.717, 1.165) is 22.3 Å². The molecule has 1 saturated carbocycles. The average Bonchev–Trinajstić information content (AvgIpc) is 3.09. The van der Waals surface area contributed by atoms with Crippen LogP contribution in [0, 0.1) is 30.0 Å². The Kier molecular flexibility index (Phi) is 3.18. The van der Waals surface area contributed by atoms with Gasteiger partial charge in [-0.25, -0.2) is 0 Å². The van der Waals surface area contributed by atoms with Crippen molar-refractivity contribution in [3.63, 3.8) is 0 Å². The van der Waals surface area contributed by atoms with Crippen molar-refractivity contribution in [3.8, 4) is 0 Å². The van der Waals surface area contributed by atoms with E-state index in [9.17, 15) is 4.79 Å². The molecule has 20 heavy (non-hydrogen) atoms. The number of fused-ring (bicyclic) bond motifs is 1. The fourth-order valence-electron chi connectivity index (χ4n) is 2.90. The summed E-state index contributed by atoms with van der Waals surface area (Å²) in [6.07, 6.45) is 2.40. The summed E-state index contributed by atoms with van der Waals surface area (Å²) >= 11 is 7.04. The molecule has 0 radical (unpaired) electrons. The van der Waals surface area contributed by atoms with Crippen molar-refractivity contribution in [2.75, 3.05) is 0 Å². The number of thiophene rings is 1. The standard InChI is InChI=1S/C15H20N2OS2/c1-8(2)15(5-6-15)7-17-13(18)11-9(3)10(4)20-12(11)16-14(17)19/h8H,5-7H2,1-4H3,(H,16,19). The first-order chi connectivity index (χ1) is 9.35. The third kappa shape index (κ3) is 1.99. The fourth-order valence-corrected chi connectivity index (χ4v) is 4.27. The molecule has 0 bridgehead atoms. The highest BCUT2D eigenvalue weighted by Crippen LogP contribution is 2.53. The van der Waals surface area contributed by atoms with Gasteiger partial charge in [0, 0.05) is 11.4 Å². The monoisotopic (exact) mass is 308 g/mol. The molecule has 3 nitrogen and oxygen atoms in total. The number of aromatic amines is 1. The van der Waals surface area contributed by atoms with Crippen molar-refractivity contribution < 1.29 is 0 Å². The predicted octanol–water partition coefficient (Wildman–Crippen LogP) is 4.17. The molecule has 0 atom stereocenters. The number of aromatic nitrogens is 2. The van der Waals surface area contributed by atoms with Crippen LogP contribution in [0.2, 0.25) is 0 Å². The van der Waals surface area contributed by atoms with Crippen molar-refractivity contribution in [3.05, 3.63) is 25.6 Å². The Morgan fingerprint density at radius 2 is 2.05 bits per heavy atom. The quantitative estimate of drug-likeness (QED) is 0.864. The van der Waals surface area contributed by atoms with Crippen LogP contribution in [0.3, 0.4) is 0 Å². The first-order valence-electron chi connectivity index (χ1n) is 7.08. The molecule has 0 aromatic carbocycles. The van der Waals surface area contributed by atoms with Crippen LogP contribution < -0.4 is 5.56 Å². The number of aryl methyl sites for hydroxylation is 2. The molecule has 5 heteroatoms. The second-order valence-electron chi connectivity index (χ2n) is 6.33. The van der Waals surface area contributed by atoms with E-state index in [1.54, 1.807) is 15.9 Å². The molecule has 0 saturated heterocycles. The van der Waals surface area contributed by atoms with Crippen LogP contribution in [0.25, 0.3) is 10.2 Å². The number of H-pyrrole nitrogens is 1.